The maximum Gasteiger partial charge on any atom is 0.226 e. The Balaban J connectivity index is 1.40. The number of hydrogen-bond donors (Lipinski definition) is 2. The minimum Gasteiger partial charge on any atom is -0.342 e. The predicted molar refractivity (Wildman–Crippen MR) is 167 cm³/mol. The van der Waals surface area contributed by atoms with Gasteiger partial charge in [-0.3, -0.25) is 20.1 Å². The van der Waals surface area contributed by atoms with Gasteiger partial charge < -0.3 is 4.90 Å². The highest BCUT2D eigenvalue weighted by Crippen LogP contribution is 2.54. The summed E-state index contributed by atoms with van der Waals surface area (Å²) in [5.41, 5.74) is 9.57. The number of nitrogens with zero attached hydrogens (tertiary/aromatic N) is 5. The molecule has 0 radical (unpaired) electrons. The van der Waals surface area contributed by atoms with Crippen molar-refractivity contribution in [3.8, 4) is 0 Å². The molecule has 1 amide bonds. The average Bonchev–Trinajstić information content (AvgIpc) is 3.30. The van der Waals surface area contributed by atoms with Gasteiger partial charge in [-0.25, -0.2) is 18.2 Å². The fourth-order valence-electron chi connectivity index (χ4n) is 7.75. The van der Waals surface area contributed by atoms with Gasteiger partial charge in [0, 0.05) is 55.4 Å². The van der Waals surface area contributed by atoms with Crippen LogP contribution in [-0.2, 0) is 10.2 Å². The summed E-state index contributed by atoms with van der Waals surface area (Å²) in [5, 5.41) is 13.9. The molecule has 4 atom stereocenters. The van der Waals surface area contributed by atoms with Gasteiger partial charge in [-0.15, -0.1) is 0 Å². The molecule has 0 bridgehead atoms. The van der Waals surface area contributed by atoms with Crippen LogP contribution in [0.3, 0.4) is 0 Å². The zero-order valence-electron chi connectivity index (χ0n) is 26.9. The largest absolute Gasteiger partial charge is 0.342 e. The predicted octanol–water partition coefficient (Wildman–Crippen LogP) is 7.20. The summed E-state index contributed by atoms with van der Waals surface area (Å²) in [6, 6.07) is 4.19. The van der Waals surface area contributed by atoms with Gasteiger partial charge in [0.05, 0.1) is 16.4 Å². The fourth-order valence-corrected chi connectivity index (χ4v) is 7.90. The lowest BCUT2D eigenvalue weighted by Crippen LogP contribution is -2.54. The lowest BCUT2D eigenvalue weighted by molar-refractivity contribution is -0.140. The van der Waals surface area contributed by atoms with Crippen molar-refractivity contribution >= 4 is 23.3 Å². The molecule has 3 aliphatic rings. The zero-order chi connectivity index (χ0) is 33.0. The van der Waals surface area contributed by atoms with Crippen LogP contribution in [0.25, 0.3) is 0 Å². The maximum absolute atomic E-state index is 15.2. The van der Waals surface area contributed by atoms with Crippen LogP contribution in [0.15, 0.2) is 23.4 Å². The van der Waals surface area contributed by atoms with Crippen molar-refractivity contribution in [1.29, 1.82) is 10.9 Å². The Bertz CT molecular complexity index is 1500. The van der Waals surface area contributed by atoms with Crippen LogP contribution in [0.1, 0.15) is 87.7 Å². The molecule has 2 fully saturated rings. The second kappa shape index (κ2) is 12.3. The van der Waals surface area contributed by atoms with Crippen molar-refractivity contribution in [3.63, 3.8) is 0 Å². The fraction of sp³-hybridized carbons (Fsp3) is 0.606. The second-order valence-electron chi connectivity index (χ2n) is 14.1. The molecule has 8 nitrogen and oxygen atoms in total. The third kappa shape index (κ3) is 5.98. The third-order valence-electron chi connectivity index (χ3n) is 10.6. The number of amides is 1. The minimum atomic E-state index is -1.51. The first-order valence-electron chi connectivity index (χ1n) is 15.6. The average molecular weight is 646 g/mol. The number of aromatic nitrogens is 1. The molecule has 1 aliphatic carbocycles. The summed E-state index contributed by atoms with van der Waals surface area (Å²) in [6.45, 7) is 12.0. The van der Waals surface area contributed by atoms with Crippen LogP contribution in [0.4, 0.5) is 13.2 Å². The molecule has 1 aromatic heterocycles. The van der Waals surface area contributed by atoms with Crippen molar-refractivity contribution in [2.75, 3.05) is 33.2 Å². The SMILES string of the molecule is Cc1nc2c(cc1Cl)[C@H](C(C)C(=N)N(C)N=N)CC21CCN(C(=O)[C@@H]2CCN(C(C)(C)C)C[C@H]2c2ccc(F)c(F)c2F)CC1. The number of fused-ring (bicyclic) bond motifs is 2. The van der Waals surface area contributed by atoms with E-state index in [1.165, 1.54) is 11.1 Å². The van der Waals surface area contributed by atoms with Gasteiger partial charge in [0.15, 0.2) is 17.5 Å². The number of likely N-dealkylation sites (tertiary alicyclic amines) is 2. The Morgan fingerprint density at radius 2 is 1.82 bits per heavy atom. The molecule has 2 saturated heterocycles. The highest BCUT2D eigenvalue weighted by Gasteiger charge is 2.51. The van der Waals surface area contributed by atoms with E-state index in [0.717, 1.165) is 29.4 Å². The number of carbonyl (C=O) groups is 1. The van der Waals surface area contributed by atoms with Crippen LogP contribution in [0, 0.1) is 47.2 Å². The monoisotopic (exact) mass is 645 g/mol. The third-order valence-corrected chi connectivity index (χ3v) is 11.0. The van der Waals surface area contributed by atoms with Gasteiger partial charge in [0.2, 0.25) is 5.91 Å². The summed E-state index contributed by atoms with van der Waals surface area (Å²) < 4.78 is 43.5. The van der Waals surface area contributed by atoms with E-state index in [9.17, 15) is 13.6 Å². The molecule has 45 heavy (non-hydrogen) atoms. The van der Waals surface area contributed by atoms with Crippen LogP contribution >= 0.6 is 11.6 Å². The highest BCUT2D eigenvalue weighted by atomic mass is 35.5. The minimum absolute atomic E-state index is 0.0413. The first-order chi connectivity index (χ1) is 21.1. The van der Waals surface area contributed by atoms with Crippen LogP contribution < -0.4 is 0 Å². The van der Waals surface area contributed by atoms with E-state index in [4.69, 9.17) is 27.5 Å². The Hall–Kier alpha value is -3.05. The molecule has 1 aromatic carbocycles. The molecule has 3 heterocycles. The number of halogens is 4. The molecule has 1 spiro atoms. The van der Waals surface area contributed by atoms with Gasteiger partial charge in [-0.2, -0.15) is 5.53 Å². The number of aryl methyl sites for hydroxylation is 1. The molecule has 12 heteroatoms. The van der Waals surface area contributed by atoms with E-state index >= 15 is 4.39 Å². The number of piperidine rings is 2. The second-order valence-corrected chi connectivity index (χ2v) is 14.5. The van der Waals surface area contributed by atoms with E-state index in [-0.39, 0.29) is 40.1 Å². The quantitative estimate of drug-likeness (QED) is 0.118. The van der Waals surface area contributed by atoms with Crippen molar-refractivity contribution < 1.29 is 18.0 Å². The summed E-state index contributed by atoms with van der Waals surface area (Å²) in [5.74, 6) is -5.29. The summed E-state index contributed by atoms with van der Waals surface area (Å²) in [7, 11) is 1.59. The maximum atomic E-state index is 15.2. The first-order valence-corrected chi connectivity index (χ1v) is 16.0. The summed E-state index contributed by atoms with van der Waals surface area (Å²) in [6.07, 6.45) is 2.55. The van der Waals surface area contributed by atoms with E-state index in [1.54, 1.807) is 7.05 Å². The molecule has 2 aliphatic heterocycles. The van der Waals surface area contributed by atoms with Gasteiger partial charge in [-0.1, -0.05) is 29.8 Å². The summed E-state index contributed by atoms with van der Waals surface area (Å²) >= 11 is 6.54. The topological polar surface area (TPSA) is 99.7 Å². The number of benzene rings is 1. The normalized spacial score (nSPS) is 24.0. The smallest absolute Gasteiger partial charge is 0.226 e. The number of pyridine rings is 1. The summed E-state index contributed by atoms with van der Waals surface area (Å²) in [4.78, 5) is 23.2. The highest BCUT2D eigenvalue weighted by molar-refractivity contribution is 6.31. The molecule has 2 aromatic rings. The van der Waals surface area contributed by atoms with Gasteiger partial charge in [0.1, 0.15) is 5.84 Å². The number of nitrogens with one attached hydrogen (secondary N) is 2. The number of carbonyl (C=O) groups excluding carboxylic acids is 1. The van der Waals surface area contributed by atoms with E-state index < -0.39 is 29.3 Å². The first kappa shape index (κ1) is 33.3. The van der Waals surface area contributed by atoms with Crippen LogP contribution in [0.2, 0.25) is 5.02 Å². The standard InChI is InChI=1S/C33H43ClF3N7O/c1-18(30(38)42(6)41-39)23-16-33(29-22(23)15-25(34)19(2)40-29)10-13-43(14-11-33)31(45)21-9-12-44(32(3,4)5)17-24(21)20-7-8-26(35)28(37)27(20)36/h7-8,15,18,21,23-24,38-39H,9-14,16-17H2,1-6H3/t18?,21-,23+,24+/m1/s1. The molecule has 0 saturated carbocycles. The Kier molecular flexibility index (Phi) is 9.09. The van der Waals surface area contributed by atoms with Crippen molar-refractivity contribution in [2.45, 2.75) is 83.1 Å². The Labute approximate surface area is 268 Å². The molecule has 244 valence electrons. The molecular weight excluding hydrogens is 603 g/mol. The molecular formula is C33H43ClF3N7O. The lowest BCUT2D eigenvalue weighted by Gasteiger charge is -2.47. The molecule has 2 N–H and O–H groups in total. The molecule has 1 unspecified atom stereocenters. The Morgan fingerprint density at radius 1 is 1.16 bits per heavy atom. The van der Waals surface area contributed by atoms with Crippen molar-refractivity contribution in [1.82, 2.24) is 19.8 Å². The van der Waals surface area contributed by atoms with Gasteiger partial charge in [-0.05, 0) is 89.1 Å². The van der Waals surface area contributed by atoms with Crippen LogP contribution in [-0.4, -0.2) is 70.3 Å². The number of amidine groups is 1. The molecule has 5 rings (SSSR count). The van der Waals surface area contributed by atoms with Crippen molar-refractivity contribution in [2.24, 2.45) is 17.1 Å². The Morgan fingerprint density at radius 3 is 2.44 bits per heavy atom. The van der Waals surface area contributed by atoms with E-state index in [0.29, 0.717) is 50.5 Å². The van der Waals surface area contributed by atoms with Crippen molar-refractivity contribution in [3.05, 3.63) is 63.2 Å². The zero-order valence-corrected chi connectivity index (χ0v) is 27.6. The van der Waals surface area contributed by atoms with E-state index in [2.05, 4.69) is 30.9 Å². The van der Waals surface area contributed by atoms with Gasteiger partial charge >= 0.3 is 0 Å². The number of hydrogen-bond acceptors (Lipinski definition) is 6. The lowest BCUT2D eigenvalue weighted by atomic mass is 9.73. The number of rotatable bonds is 5. The van der Waals surface area contributed by atoms with Crippen LogP contribution in [0.5, 0.6) is 0 Å². The van der Waals surface area contributed by atoms with E-state index in [1.807, 2.05) is 24.8 Å². The van der Waals surface area contributed by atoms with Gasteiger partial charge in [0.25, 0.3) is 0 Å².